The van der Waals surface area contributed by atoms with Crippen molar-refractivity contribution < 1.29 is 9.53 Å². The molecule has 2 N–H and O–H groups in total. The first kappa shape index (κ1) is 14.1. The number of carbonyl (C=O) groups excluding carboxylic acids is 1. The predicted octanol–water partition coefficient (Wildman–Crippen LogP) is 1.14. The molecule has 0 spiro atoms. The number of nitrogens with zero attached hydrogens (tertiary/aromatic N) is 4. The molecule has 0 radical (unpaired) electrons. The van der Waals surface area contributed by atoms with E-state index < -0.39 is 5.97 Å². The second-order valence-electron chi connectivity index (χ2n) is 5.07. The molecule has 0 aliphatic rings. The lowest BCUT2D eigenvalue weighted by molar-refractivity contribution is 0.0528. The molecule has 0 saturated carbocycles. The van der Waals surface area contributed by atoms with Gasteiger partial charge in [-0.25, -0.2) is 14.3 Å². The van der Waals surface area contributed by atoms with Gasteiger partial charge in [0.2, 0.25) is 0 Å². The first-order valence-corrected chi connectivity index (χ1v) is 7.26. The molecule has 0 aliphatic heterocycles. The number of esters is 1. The van der Waals surface area contributed by atoms with Crippen LogP contribution in [-0.2, 0) is 4.74 Å². The maximum absolute atomic E-state index is 12.3. The second-order valence-corrected chi connectivity index (χ2v) is 5.07. The number of fused-ring (bicyclic) bond motifs is 2. The van der Waals surface area contributed by atoms with E-state index in [1.54, 1.807) is 25.1 Å². The molecule has 0 aliphatic carbocycles. The van der Waals surface area contributed by atoms with Crippen LogP contribution in [0.4, 0.5) is 0 Å². The molecule has 1 aromatic carbocycles. The highest BCUT2D eigenvalue weighted by Gasteiger charge is 2.17. The van der Waals surface area contributed by atoms with E-state index in [2.05, 4.69) is 25.5 Å². The van der Waals surface area contributed by atoms with E-state index in [0.717, 1.165) is 0 Å². The van der Waals surface area contributed by atoms with E-state index in [-0.39, 0.29) is 23.4 Å². The molecule has 9 heteroatoms. The zero-order chi connectivity index (χ0) is 16.7. The van der Waals surface area contributed by atoms with Crippen LogP contribution in [0.25, 0.3) is 27.9 Å². The lowest BCUT2D eigenvalue weighted by atomic mass is 10.1. The van der Waals surface area contributed by atoms with Crippen LogP contribution in [0.2, 0.25) is 0 Å². The Balaban J connectivity index is 1.91. The minimum atomic E-state index is -0.535. The van der Waals surface area contributed by atoms with Crippen LogP contribution in [0.15, 0.2) is 35.3 Å². The molecule has 3 aromatic heterocycles. The molecule has 0 saturated heterocycles. The molecule has 0 bridgehead atoms. The van der Waals surface area contributed by atoms with Gasteiger partial charge in [-0.05, 0) is 19.1 Å². The highest BCUT2D eigenvalue weighted by molar-refractivity contribution is 5.95. The van der Waals surface area contributed by atoms with Crippen LogP contribution in [-0.4, -0.2) is 42.6 Å². The molecule has 3 heterocycles. The van der Waals surface area contributed by atoms with Crippen molar-refractivity contribution in [2.75, 3.05) is 6.61 Å². The molecule has 0 atom stereocenters. The summed E-state index contributed by atoms with van der Waals surface area (Å²) >= 11 is 0. The zero-order valence-corrected chi connectivity index (χ0v) is 12.6. The second kappa shape index (κ2) is 5.30. The van der Waals surface area contributed by atoms with Gasteiger partial charge in [0.25, 0.3) is 5.56 Å². The van der Waals surface area contributed by atoms with Gasteiger partial charge >= 0.3 is 5.97 Å². The summed E-state index contributed by atoms with van der Waals surface area (Å²) in [5, 5.41) is 13.3. The first-order chi connectivity index (χ1) is 11.7. The predicted molar refractivity (Wildman–Crippen MR) is 84.7 cm³/mol. The van der Waals surface area contributed by atoms with Crippen LogP contribution in [0.1, 0.15) is 17.3 Å². The summed E-state index contributed by atoms with van der Waals surface area (Å²) in [7, 11) is 0. The Hall–Kier alpha value is -3.49. The standard InChI is InChI=1S/C15H12N6O3/c1-2-24-15(23)9-7-16-21-13(22)6-11(17-14(9)21)8-3-4-10-12(5-8)19-20-18-10/h3-7,16H,2H2,1H3,(H,18,19,20). The van der Waals surface area contributed by atoms with Crippen molar-refractivity contribution in [3.05, 3.63) is 46.4 Å². The minimum absolute atomic E-state index is 0.207. The van der Waals surface area contributed by atoms with Crippen molar-refractivity contribution in [3.8, 4) is 11.3 Å². The summed E-state index contributed by atoms with van der Waals surface area (Å²) in [4.78, 5) is 28.7. The number of rotatable bonds is 3. The largest absolute Gasteiger partial charge is 0.462 e. The summed E-state index contributed by atoms with van der Waals surface area (Å²) in [5.41, 5.74) is 2.61. The number of hydrogen-bond donors (Lipinski definition) is 2. The number of carbonyl (C=O) groups is 1. The summed E-state index contributed by atoms with van der Waals surface area (Å²) in [6, 6.07) is 6.73. The van der Waals surface area contributed by atoms with Gasteiger partial charge in [-0.2, -0.15) is 15.4 Å². The molecule has 4 rings (SSSR count). The molecule has 0 fully saturated rings. The van der Waals surface area contributed by atoms with Gasteiger partial charge in [0.1, 0.15) is 16.6 Å². The quantitative estimate of drug-likeness (QED) is 0.546. The number of H-pyrrole nitrogens is 2. The fourth-order valence-corrected chi connectivity index (χ4v) is 2.49. The average molecular weight is 324 g/mol. The minimum Gasteiger partial charge on any atom is -0.462 e. The Kier molecular flexibility index (Phi) is 3.12. The average Bonchev–Trinajstić information content (AvgIpc) is 3.21. The normalized spacial score (nSPS) is 11.2. The van der Waals surface area contributed by atoms with Gasteiger partial charge in [-0.1, -0.05) is 6.07 Å². The van der Waals surface area contributed by atoms with Crippen molar-refractivity contribution in [1.82, 2.24) is 30.0 Å². The highest BCUT2D eigenvalue weighted by atomic mass is 16.5. The summed E-state index contributed by atoms with van der Waals surface area (Å²) in [6.07, 6.45) is 1.41. The Bertz CT molecular complexity index is 1120. The van der Waals surface area contributed by atoms with Gasteiger partial charge in [0.15, 0.2) is 5.65 Å². The fourth-order valence-electron chi connectivity index (χ4n) is 2.49. The number of nitrogens with one attached hydrogen (secondary N) is 2. The summed E-state index contributed by atoms with van der Waals surface area (Å²) in [5.74, 6) is -0.535. The number of aromatic amines is 2. The van der Waals surface area contributed by atoms with Crippen LogP contribution in [0, 0.1) is 0 Å². The maximum atomic E-state index is 12.3. The number of hydrogen-bond acceptors (Lipinski definition) is 6. The number of ether oxygens (including phenoxy) is 1. The Morgan fingerprint density at radius 1 is 1.25 bits per heavy atom. The van der Waals surface area contributed by atoms with Crippen molar-refractivity contribution in [2.24, 2.45) is 0 Å². The van der Waals surface area contributed by atoms with Crippen LogP contribution in [0.3, 0.4) is 0 Å². The number of benzene rings is 1. The van der Waals surface area contributed by atoms with E-state index in [1.807, 2.05) is 0 Å². The summed E-state index contributed by atoms with van der Waals surface area (Å²) < 4.78 is 6.19. The lowest BCUT2D eigenvalue weighted by Gasteiger charge is -2.03. The fraction of sp³-hybridized carbons (Fsp3) is 0.133. The van der Waals surface area contributed by atoms with Gasteiger partial charge in [0, 0.05) is 17.8 Å². The monoisotopic (exact) mass is 324 g/mol. The Morgan fingerprint density at radius 2 is 2.08 bits per heavy atom. The van der Waals surface area contributed by atoms with E-state index >= 15 is 0 Å². The third-order valence-electron chi connectivity index (χ3n) is 3.61. The van der Waals surface area contributed by atoms with E-state index in [4.69, 9.17) is 4.74 Å². The van der Waals surface area contributed by atoms with Gasteiger partial charge < -0.3 is 4.74 Å². The van der Waals surface area contributed by atoms with Gasteiger partial charge in [-0.15, -0.1) is 0 Å². The number of aromatic nitrogens is 6. The molecule has 4 aromatic rings. The smallest absolute Gasteiger partial charge is 0.343 e. The molecular weight excluding hydrogens is 312 g/mol. The maximum Gasteiger partial charge on any atom is 0.343 e. The van der Waals surface area contributed by atoms with Crippen molar-refractivity contribution in [1.29, 1.82) is 0 Å². The van der Waals surface area contributed by atoms with Crippen LogP contribution in [0.5, 0.6) is 0 Å². The van der Waals surface area contributed by atoms with Crippen molar-refractivity contribution in [3.63, 3.8) is 0 Å². The third kappa shape index (κ3) is 2.14. The molecular formula is C15H12N6O3. The lowest BCUT2D eigenvalue weighted by Crippen LogP contribution is -2.15. The Labute approximate surface area is 134 Å². The van der Waals surface area contributed by atoms with Gasteiger partial charge in [-0.3, -0.25) is 9.89 Å². The highest BCUT2D eigenvalue weighted by Crippen LogP contribution is 2.21. The Morgan fingerprint density at radius 3 is 2.92 bits per heavy atom. The van der Waals surface area contributed by atoms with Crippen LogP contribution < -0.4 is 5.56 Å². The molecule has 0 unspecified atom stereocenters. The van der Waals surface area contributed by atoms with E-state index in [9.17, 15) is 9.59 Å². The van der Waals surface area contributed by atoms with Crippen molar-refractivity contribution in [2.45, 2.75) is 6.92 Å². The molecule has 0 amide bonds. The van der Waals surface area contributed by atoms with E-state index in [0.29, 0.717) is 22.3 Å². The summed E-state index contributed by atoms with van der Waals surface area (Å²) in [6.45, 7) is 1.95. The molecule has 24 heavy (non-hydrogen) atoms. The zero-order valence-electron chi connectivity index (χ0n) is 12.6. The van der Waals surface area contributed by atoms with Gasteiger partial charge in [0.05, 0.1) is 12.3 Å². The van der Waals surface area contributed by atoms with E-state index in [1.165, 1.54) is 16.8 Å². The van der Waals surface area contributed by atoms with Crippen molar-refractivity contribution >= 4 is 22.6 Å². The first-order valence-electron chi connectivity index (χ1n) is 7.26. The third-order valence-corrected chi connectivity index (χ3v) is 3.61. The molecule has 120 valence electrons. The SMILES string of the molecule is CCOC(=O)c1c[nH]n2c(=O)cc(-c3ccc4n[nH]nc4c3)nc12. The van der Waals surface area contributed by atoms with Crippen LogP contribution >= 0.6 is 0 Å². The topological polar surface area (TPSA) is 118 Å². The molecule has 9 nitrogen and oxygen atoms in total.